The molecule has 0 radical (unpaired) electrons. The Hall–Kier alpha value is -6.64. The number of rotatable bonds is 5. The van der Waals surface area contributed by atoms with Crippen LogP contribution in [0.5, 0.6) is 0 Å². The van der Waals surface area contributed by atoms with Crippen LogP contribution in [0.25, 0.3) is 78.0 Å². The summed E-state index contributed by atoms with van der Waals surface area (Å²) in [4.78, 5) is 0. The monoisotopic (exact) mass is 650 g/mol. The minimum atomic E-state index is 0.858. The van der Waals surface area contributed by atoms with Gasteiger partial charge in [0.2, 0.25) is 0 Å². The molecule has 0 saturated carbocycles. The summed E-state index contributed by atoms with van der Waals surface area (Å²) in [5.41, 5.74) is 16.0. The quantitative estimate of drug-likeness (QED) is 0.175. The lowest BCUT2D eigenvalue weighted by Gasteiger charge is -2.12. The Kier molecular flexibility index (Phi) is 6.92. The minimum absolute atomic E-state index is 0.858. The highest BCUT2D eigenvalue weighted by molar-refractivity contribution is 6.10. The van der Waals surface area contributed by atoms with Crippen molar-refractivity contribution in [3.8, 4) is 33.6 Å². The Morgan fingerprint density at radius 1 is 0.353 bits per heavy atom. The van der Waals surface area contributed by atoms with Crippen molar-refractivity contribution in [1.29, 1.82) is 0 Å². The van der Waals surface area contributed by atoms with E-state index in [9.17, 15) is 0 Å². The summed E-state index contributed by atoms with van der Waals surface area (Å²) in [6.07, 6.45) is 7.90. The minimum Gasteiger partial charge on any atom is -0.310 e. The highest BCUT2D eigenvalue weighted by atomic mass is 15.0. The van der Waals surface area contributed by atoms with Gasteiger partial charge in [-0.1, -0.05) is 140 Å². The molecule has 1 aliphatic carbocycles. The smallest absolute Gasteiger partial charge is 0.0541 e. The Morgan fingerprint density at radius 2 is 0.941 bits per heavy atom. The highest BCUT2D eigenvalue weighted by Gasteiger charge is 2.19. The van der Waals surface area contributed by atoms with Crippen LogP contribution in [0.1, 0.15) is 16.8 Å². The lowest BCUT2D eigenvalue weighted by atomic mass is 10.0. The first-order chi connectivity index (χ1) is 25.3. The molecule has 2 aromatic heterocycles. The number of benzene rings is 7. The summed E-state index contributed by atoms with van der Waals surface area (Å²) in [5.74, 6) is 0. The van der Waals surface area contributed by atoms with Gasteiger partial charge >= 0.3 is 0 Å². The molecule has 0 aliphatic heterocycles. The van der Waals surface area contributed by atoms with Gasteiger partial charge in [-0.15, -0.1) is 0 Å². The third kappa shape index (κ3) is 4.95. The van der Waals surface area contributed by atoms with Crippen molar-refractivity contribution in [2.75, 3.05) is 0 Å². The van der Waals surface area contributed by atoms with Gasteiger partial charge in [0.05, 0.1) is 22.2 Å². The van der Waals surface area contributed by atoms with E-state index in [0.29, 0.717) is 0 Å². The third-order valence-corrected chi connectivity index (χ3v) is 10.4. The average molecular weight is 651 g/mol. The summed E-state index contributed by atoms with van der Waals surface area (Å²) in [6, 6.07) is 63.6. The Morgan fingerprint density at radius 3 is 1.71 bits per heavy atom. The largest absolute Gasteiger partial charge is 0.310 e. The zero-order valence-electron chi connectivity index (χ0n) is 28.1. The van der Waals surface area contributed by atoms with E-state index in [1.165, 1.54) is 83.0 Å². The van der Waals surface area contributed by atoms with E-state index in [2.05, 4.69) is 203 Å². The molecule has 240 valence electrons. The maximum atomic E-state index is 2.43. The van der Waals surface area contributed by atoms with Crippen LogP contribution >= 0.6 is 0 Å². The Labute approximate surface area is 297 Å². The number of hydrogen-bond donors (Lipinski definition) is 0. The van der Waals surface area contributed by atoms with Crippen LogP contribution in [-0.4, -0.2) is 9.13 Å². The van der Waals surface area contributed by atoms with Crippen molar-refractivity contribution in [2.45, 2.75) is 6.42 Å². The van der Waals surface area contributed by atoms with Crippen LogP contribution in [0.2, 0.25) is 0 Å². The fourth-order valence-electron chi connectivity index (χ4n) is 7.98. The van der Waals surface area contributed by atoms with E-state index < -0.39 is 0 Å². The predicted octanol–water partition coefficient (Wildman–Crippen LogP) is 12.7. The van der Waals surface area contributed by atoms with E-state index in [0.717, 1.165) is 12.1 Å². The average Bonchev–Trinajstić information content (AvgIpc) is 3.61. The maximum Gasteiger partial charge on any atom is 0.0541 e. The second-order valence-electron chi connectivity index (χ2n) is 13.3. The van der Waals surface area contributed by atoms with Crippen molar-refractivity contribution in [3.05, 3.63) is 205 Å². The topological polar surface area (TPSA) is 9.86 Å². The molecule has 0 fully saturated rings. The molecular weight excluding hydrogens is 617 g/mol. The van der Waals surface area contributed by atoms with Gasteiger partial charge in [0.15, 0.2) is 0 Å². The lowest BCUT2D eigenvalue weighted by molar-refractivity contribution is 1.09. The van der Waals surface area contributed by atoms with Gasteiger partial charge in [-0.25, -0.2) is 0 Å². The number of fused-ring (bicyclic) bond motifs is 6. The zero-order chi connectivity index (χ0) is 33.7. The third-order valence-electron chi connectivity index (χ3n) is 10.4. The molecule has 2 nitrogen and oxygen atoms in total. The standard InChI is InChI=1S/C49H34N2/c1-3-12-34(13-4-1)36-22-27-40(28-23-36)50-47-21-10-8-19-43(47)45-33-39(26-31-49(45)50)37-24-29-44-42-18-7-9-20-46(42)51(48(44)30-25-37)41-17-11-16-38(32-41)35-14-5-2-6-15-35/h1-28,30-33H,29H2. The first kappa shape index (κ1) is 29.3. The molecule has 1 aliphatic rings. The first-order valence-electron chi connectivity index (χ1n) is 17.7. The van der Waals surface area contributed by atoms with Crippen LogP contribution in [0, 0.1) is 0 Å². The van der Waals surface area contributed by atoms with E-state index in [4.69, 9.17) is 0 Å². The van der Waals surface area contributed by atoms with Crippen molar-refractivity contribution >= 4 is 44.4 Å². The number of aromatic nitrogens is 2. The van der Waals surface area contributed by atoms with Crippen LogP contribution in [0.4, 0.5) is 0 Å². The molecule has 2 heteroatoms. The first-order valence-corrected chi connectivity index (χ1v) is 17.7. The van der Waals surface area contributed by atoms with Gasteiger partial charge in [0, 0.05) is 27.5 Å². The summed E-state index contributed by atoms with van der Waals surface area (Å²) in [5, 5.41) is 3.83. The number of para-hydroxylation sites is 2. The molecule has 10 rings (SSSR count). The molecule has 0 spiro atoms. The molecule has 0 unspecified atom stereocenters. The molecule has 0 atom stereocenters. The Bertz CT molecular complexity index is 2790. The van der Waals surface area contributed by atoms with Gasteiger partial charge < -0.3 is 9.13 Å². The van der Waals surface area contributed by atoms with E-state index >= 15 is 0 Å². The van der Waals surface area contributed by atoms with Crippen molar-refractivity contribution in [1.82, 2.24) is 9.13 Å². The van der Waals surface area contributed by atoms with Crippen molar-refractivity contribution in [2.24, 2.45) is 0 Å². The van der Waals surface area contributed by atoms with Gasteiger partial charge in [-0.3, -0.25) is 0 Å². The molecule has 0 N–H and O–H groups in total. The summed E-state index contributed by atoms with van der Waals surface area (Å²) < 4.78 is 4.83. The van der Waals surface area contributed by atoms with Crippen LogP contribution in [0.15, 0.2) is 188 Å². The predicted molar refractivity (Wildman–Crippen MR) is 216 cm³/mol. The molecule has 2 heterocycles. The SMILES string of the molecule is C1=Cc2c(c3ccccc3n2-c2cccc(-c3ccccc3)c2)CC=C1c1ccc2c(c1)c1ccccc1n2-c1ccc(-c2ccccc2)cc1. The molecule has 0 saturated heterocycles. The van der Waals surface area contributed by atoms with E-state index in [-0.39, 0.29) is 0 Å². The molecular formula is C49H34N2. The van der Waals surface area contributed by atoms with Gasteiger partial charge in [0.25, 0.3) is 0 Å². The number of hydrogen-bond acceptors (Lipinski definition) is 0. The second kappa shape index (κ2) is 12.0. The molecule has 0 amide bonds. The van der Waals surface area contributed by atoms with Gasteiger partial charge in [0.1, 0.15) is 0 Å². The van der Waals surface area contributed by atoms with E-state index in [1.54, 1.807) is 0 Å². The summed E-state index contributed by atoms with van der Waals surface area (Å²) in [7, 11) is 0. The molecule has 0 bridgehead atoms. The van der Waals surface area contributed by atoms with E-state index in [1.807, 2.05) is 0 Å². The van der Waals surface area contributed by atoms with Gasteiger partial charge in [-0.2, -0.15) is 0 Å². The van der Waals surface area contributed by atoms with Gasteiger partial charge in [-0.05, 0) is 100.0 Å². The molecule has 51 heavy (non-hydrogen) atoms. The Balaban J connectivity index is 1.06. The highest BCUT2D eigenvalue weighted by Crippen LogP contribution is 2.38. The zero-order valence-corrected chi connectivity index (χ0v) is 28.1. The van der Waals surface area contributed by atoms with Crippen LogP contribution < -0.4 is 0 Å². The lowest BCUT2D eigenvalue weighted by Crippen LogP contribution is -1.98. The number of allylic oxidation sites excluding steroid dienone is 3. The summed E-state index contributed by atoms with van der Waals surface area (Å²) >= 11 is 0. The fraction of sp³-hybridized carbons (Fsp3) is 0.0204. The van der Waals surface area contributed by atoms with Crippen LogP contribution in [-0.2, 0) is 6.42 Å². The summed E-state index contributed by atoms with van der Waals surface area (Å²) in [6.45, 7) is 0. The maximum absolute atomic E-state index is 2.43. The number of nitrogens with zero attached hydrogens (tertiary/aromatic N) is 2. The van der Waals surface area contributed by atoms with Crippen molar-refractivity contribution in [3.63, 3.8) is 0 Å². The molecule has 9 aromatic rings. The fourth-order valence-corrected chi connectivity index (χ4v) is 7.98. The normalized spacial score (nSPS) is 12.7. The molecule has 7 aromatic carbocycles. The van der Waals surface area contributed by atoms with Crippen molar-refractivity contribution < 1.29 is 0 Å². The second-order valence-corrected chi connectivity index (χ2v) is 13.3. The van der Waals surface area contributed by atoms with Crippen LogP contribution in [0.3, 0.4) is 0 Å².